The van der Waals surface area contributed by atoms with Crippen LogP contribution >= 0.6 is 0 Å². The number of unbranched alkanes of at least 4 members (excludes halogenated alkanes) is 2. The van der Waals surface area contributed by atoms with Crippen LogP contribution in [0.25, 0.3) is 0 Å². The Morgan fingerprint density at radius 2 is 1.51 bits per heavy atom. The van der Waals surface area contributed by atoms with E-state index in [0.717, 1.165) is 68.3 Å². The summed E-state index contributed by atoms with van der Waals surface area (Å²) < 4.78 is 48.9. The second-order valence-corrected chi connectivity index (χ2v) is 22.3. The maximum absolute atomic E-state index is 13.5. The average Bonchev–Trinajstić information content (AvgIpc) is 3.87. The van der Waals surface area contributed by atoms with Gasteiger partial charge in [-0.15, -0.1) is 0 Å². The van der Waals surface area contributed by atoms with Gasteiger partial charge in [0.1, 0.15) is 18.0 Å². The third-order valence-electron chi connectivity index (χ3n) is 15.0. The van der Waals surface area contributed by atoms with Crippen molar-refractivity contribution in [3.8, 4) is 11.5 Å². The monoisotopic (exact) mass is 1030 g/mol. The van der Waals surface area contributed by atoms with E-state index in [0.29, 0.717) is 64.3 Å². The molecule has 4 amide bonds. The number of fused-ring (bicyclic) bond motifs is 3. The molecule has 394 valence electrons. The Kier molecular flexibility index (Phi) is 16.7. The van der Waals surface area contributed by atoms with Crippen LogP contribution in [-0.2, 0) is 51.3 Å². The topological polar surface area (TPSA) is 195 Å². The van der Waals surface area contributed by atoms with E-state index >= 15 is 0 Å². The molecule has 16 heteroatoms. The third-order valence-corrected chi connectivity index (χ3v) is 15.8. The molecule has 3 aromatic rings. The fourth-order valence-electron chi connectivity index (χ4n) is 10.4. The number of phenolic OH excluding ortho intramolecular Hbond substituents is 1. The highest BCUT2D eigenvalue weighted by atomic mass is 32.2. The quantitative estimate of drug-likeness (QED) is 0.0265. The van der Waals surface area contributed by atoms with E-state index in [-0.39, 0.29) is 52.8 Å². The van der Waals surface area contributed by atoms with E-state index in [1.165, 1.54) is 35.4 Å². The number of anilines is 1. The van der Waals surface area contributed by atoms with E-state index in [4.69, 9.17) is 9.47 Å². The second kappa shape index (κ2) is 22.5. The number of phenols is 1. The van der Waals surface area contributed by atoms with Crippen molar-refractivity contribution < 1.29 is 51.3 Å². The number of aromatic hydroxyl groups is 1. The first-order valence-electron chi connectivity index (χ1n) is 25.5. The van der Waals surface area contributed by atoms with Crippen LogP contribution in [0.2, 0.25) is 0 Å². The standard InChI is InChI=1S/C58H71N5O10S/c1-38-21-23-46-44(36-38)56(5,6)49(62(46)33-35-72-34-30-60-55(68)58(9)28-27-43-41(4)53(67)39(2)40(3)54(43)73-58)19-15-12-10-11-14-18-48-57(7,8)45-37-42(74(69,70)71)22-24-47(45)61(48)31-17-13-16-20-50(64)59-29-32-63-51(65)25-26-52(63)66/h10-12,14-15,18-19,21-26,36-37H,13,16-17,20,27-35H2,1-9H3,(H3-,59,60,64,67,68,69,70,71)/p+1. The second-order valence-electron chi connectivity index (χ2n) is 20.8. The van der Waals surface area contributed by atoms with Gasteiger partial charge < -0.3 is 30.1 Å². The molecule has 0 spiro atoms. The number of nitrogens with zero attached hydrogens (tertiary/aromatic N) is 3. The zero-order valence-corrected chi connectivity index (χ0v) is 45.1. The van der Waals surface area contributed by atoms with Crippen LogP contribution in [-0.4, -0.2) is 108 Å². The molecule has 1 unspecified atom stereocenters. The molecule has 1 atom stereocenters. The lowest BCUT2D eigenvalue weighted by atomic mass is 9.81. The summed E-state index contributed by atoms with van der Waals surface area (Å²) in [6, 6.07) is 11.2. The smallest absolute Gasteiger partial charge is 0.294 e. The SMILES string of the molecule is Cc1ccc2c(c1)C(C)(C)C(=CC=CC=CC=CC1=[N+](CCCCCC(=O)NCCN3C(=O)C=CC3=O)c3ccc(S(=O)(=O)O)cc3C1(C)C)N2CCOCCNC(=O)C1(C)CCc2c(C)c(O)c(C)c(C)c2O1. The summed E-state index contributed by atoms with van der Waals surface area (Å²) >= 11 is 0. The van der Waals surface area contributed by atoms with Crippen LogP contribution in [0.15, 0.2) is 102 Å². The van der Waals surface area contributed by atoms with Gasteiger partial charge in [-0.25, -0.2) is 0 Å². The molecule has 4 aliphatic rings. The first kappa shape index (κ1) is 55.1. The summed E-state index contributed by atoms with van der Waals surface area (Å²) in [5, 5.41) is 16.4. The van der Waals surface area contributed by atoms with Crippen LogP contribution < -0.4 is 20.3 Å². The number of benzene rings is 3. The van der Waals surface area contributed by atoms with E-state index < -0.39 is 21.1 Å². The molecule has 4 heterocycles. The molecule has 7 rings (SSSR count). The van der Waals surface area contributed by atoms with E-state index in [2.05, 4.69) is 65.2 Å². The van der Waals surface area contributed by atoms with Crippen LogP contribution in [0.5, 0.6) is 11.5 Å². The molecule has 0 aromatic heterocycles. The molecular formula is C58H72N5O10S+. The number of imide groups is 1. The van der Waals surface area contributed by atoms with Crippen molar-refractivity contribution in [2.75, 3.05) is 50.8 Å². The molecule has 0 radical (unpaired) electrons. The van der Waals surface area contributed by atoms with Crippen molar-refractivity contribution >= 4 is 50.8 Å². The molecular weight excluding hydrogens is 959 g/mol. The first-order valence-corrected chi connectivity index (χ1v) is 27.0. The third kappa shape index (κ3) is 11.7. The van der Waals surface area contributed by atoms with E-state index in [1.54, 1.807) is 6.07 Å². The molecule has 15 nitrogen and oxygen atoms in total. The largest absolute Gasteiger partial charge is 0.507 e. The maximum Gasteiger partial charge on any atom is 0.294 e. The summed E-state index contributed by atoms with van der Waals surface area (Å²) in [4.78, 5) is 52.8. The minimum atomic E-state index is -4.43. The van der Waals surface area contributed by atoms with Crippen molar-refractivity contribution in [3.63, 3.8) is 0 Å². The average molecular weight is 1030 g/mol. The van der Waals surface area contributed by atoms with Crippen molar-refractivity contribution in [3.05, 3.63) is 136 Å². The molecule has 0 fully saturated rings. The number of allylic oxidation sites excluding steroid dienone is 8. The lowest BCUT2D eigenvalue weighted by molar-refractivity contribution is -0.438. The van der Waals surface area contributed by atoms with Crippen LogP contribution in [0.4, 0.5) is 11.4 Å². The Bertz CT molecular complexity index is 3020. The summed E-state index contributed by atoms with van der Waals surface area (Å²) in [6.45, 7) is 20.7. The molecule has 0 bridgehead atoms. The Balaban J connectivity index is 0.957. The fourth-order valence-corrected chi connectivity index (χ4v) is 10.9. The number of nitrogens with one attached hydrogen (secondary N) is 2. The van der Waals surface area contributed by atoms with Crippen molar-refractivity contribution in [2.24, 2.45) is 0 Å². The highest BCUT2D eigenvalue weighted by molar-refractivity contribution is 7.85. The molecule has 4 aliphatic heterocycles. The Labute approximate surface area is 436 Å². The van der Waals surface area contributed by atoms with Crippen molar-refractivity contribution in [1.82, 2.24) is 15.5 Å². The number of hydrogen-bond acceptors (Lipinski definition) is 10. The molecule has 0 saturated heterocycles. The van der Waals surface area contributed by atoms with Gasteiger partial charge in [0.25, 0.3) is 27.8 Å². The fraction of sp³-hybridized carbons (Fsp3) is 0.431. The zero-order valence-electron chi connectivity index (χ0n) is 44.3. The number of ether oxygens (including phenoxy) is 2. The molecule has 0 aliphatic carbocycles. The van der Waals surface area contributed by atoms with Gasteiger partial charge in [-0.1, -0.05) is 61.9 Å². The summed E-state index contributed by atoms with van der Waals surface area (Å²) in [7, 11) is -4.43. The number of amides is 4. The zero-order chi connectivity index (χ0) is 53.8. The van der Waals surface area contributed by atoms with Gasteiger partial charge in [0.15, 0.2) is 11.3 Å². The Morgan fingerprint density at radius 3 is 2.24 bits per heavy atom. The highest BCUT2D eigenvalue weighted by Crippen LogP contribution is 2.48. The molecule has 3 aromatic carbocycles. The number of aryl methyl sites for hydroxylation is 1. The van der Waals surface area contributed by atoms with Crippen LogP contribution in [0, 0.1) is 27.7 Å². The van der Waals surface area contributed by atoms with E-state index in [1.807, 2.05) is 78.0 Å². The van der Waals surface area contributed by atoms with Gasteiger partial charge in [0.2, 0.25) is 11.6 Å². The summed E-state index contributed by atoms with van der Waals surface area (Å²) in [6.07, 6.45) is 20.0. The Hall–Kier alpha value is -6.62. The number of carbonyl (C=O) groups excluding carboxylic acids is 4. The highest BCUT2D eigenvalue weighted by Gasteiger charge is 2.45. The van der Waals surface area contributed by atoms with Gasteiger partial charge in [0.05, 0.1) is 23.5 Å². The molecule has 4 N–H and O–H groups in total. The van der Waals surface area contributed by atoms with Crippen LogP contribution in [0.1, 0.15) is 106 Å². The molecule has 0 saturated carbocycles. The van der Waals surface area contributed by atoms with Crippen LogP contribution in [0.3, 0.4) is 0 Å². The number of hydrogen-bond donors (Lipinski definition) is 4. The van der Waals surface area contributed by atoms with Gasteiger partial charge >= 0.3 is 0 Å². The lowest BCUT2D eigenvalue weighted by Gasteiger charge is -2.36. The summed E-state index contributed by atoms with van der Waals surface area (Å²) in [5.74, 6) is -0.144. The van der Waals surface area contributed by atoms with Gasteiger partial charge in [0, 0.05) is 97.7 Å². The van der Waals surface area contributed by atoms with E-state index in [9.17, 15) is 37.3 Å². The predicted octanol–water partition coefficient (Wildman–Crippen LogP) is 8.12. The van der Waals surface area contributed by atoms with Crippen molar-refractivity contribution in [2.45, 2.75) is 122 Å². The van der Waals surface area contributed by atoms with Gasteiger partial charge in [-0.05, 0) is 114 Å². The van der Waals surface area contributed by atoms with Gasteiger partial charge in [-0.2, -0.15) is 13.0 Å². The number of rotatable bonds is 21. The normalized spacial score (nSPS) is 19.4. The Morgan fingerprint density at radius 1 is 0.797 bits per heavy atom. The maximum atomic E-state index is 13.5. The van der Waals surface area contributed by atoms with Crippen molar-refractivity contribution in [1.29, 1.82) is 0 Å². The minimum Gasteiger partial charge on any atom is -0.507 e. The summed E-state index contributed by atoms with van der Waals surface area (Å²) in [5.41, 5.74) is 8.69. The lowest BCUT2D eigenvalue weighted by Crippen LogP contribution is -2.51. The van der Waals surface area contributed by atoms with Gasteiger partial charge in [-0.3, -0.25) is 28.6 Å². The predicted molar refractivity (Wildman–Crippen MR) is 287 cm³/mol. The first-order chi connectivity index (χ1) is 35.0. The molecule has 74 heavy (non-hydrogen) atoms. The number of carbonyl (C=O) groups is 4. The minimum absolute atomic E-state index is 0.119.